The van der Waals surface area contributed by atoms with Crippen LogP contribution in [0.5, 0.6) is 0 Å². The highest BCUT2D eigenvalue weighted by Crippen LogP contribution is 2.10. The quantitative estimate of drug-likeness (QED) is 0.650. The van der Waals surface area contributed by atoms with Crippen molar-refractivity contribution in [3.63, 3.8) is 0 Å². The monoisotopic (exact) mass is 244 g/mol. The Hall–Kier alpha value is -2.33. The number of amides is 1. The van der Waals surface area contributed by atoms with Crippen LogP contribution in [0.1, 0.15) is 24.5 Å². The molecule has 0 atom stereocenters. The fourth-order valence-corrected chi connectivity index (χ4v) is 1.36. The van der Waals surface area contributed by atoms with Gasteiger partial charge in [0.1, 0.15) is 5.82 Å². The number of carbonyl (C=O) groups is 1. The highest BCUT2D eigenvalue weighted by atomic mass is 19.1. The zero-order chi connectivity index (χ0) is 13.4. The highest BCUT2D eigenvalue weighted by Gasteiger charge is 2.01. The van der Waals surface area contributed by atoms with E-state index in [-0.39, 0.29) is 18.1 Å². The SMILES string of the molecule is CC(=O)NCCC#Cc1cc(F)ccc1CC#N. The van der Waals surface area contributed by atoms with E-state index in [0.717, 1.165) is 0 Å². The van der Waals surface area contributed by atoms with E-state index in [9.17, 15) is 9.18 Å². The first-order chi connectivity index (χ1) is 8.63. The Kier molecular flexibility index (Phi) is 5.41. The van der Waals surface area contributed by atoms with Crippen molar-refractivity contribution in [2.24, 2.45) is 0 Å². The second kappa shape index (κ2) is 7.09. The molecule has 92 valence electrons. The molecule has 0 saturated carbocycles. The minimum absolute atomic E-state index is 0.104. The van der Waals surface area contributed by atoms with Crippen molar-refractivity contribution in [2.45, 2.75) is 19.8 Å². The van der Waals surface area contributed by atoms with Crippen LogP contribution in [0.15, 0.2) is 18.2 Å². The first-order valence-electron chi connectivity index (χ1n) is 5.52. The van der Waals surface area contributed by atoms with E-state index >= 15 is 0 Å². The van der Waals surface area contributed by atoms with Gasteiger partial charge in [-0.25, -0.2) is 4.39 Å². The molecule has 0 bridgehead atoms. The van der Waals surface area contributed by atoms with E-state index < -0.39 is 0 Å². The number of nitriles is 1. The lowest BCUT2D eigenvalue weighted by Crippen LogP contribution is -2.20. The molecular weight excluding hydrogens is 231 g/mol. The summed E-state index contributed by atoms with van der Waals surface area (Å²) in [5.74, 6) is 5.19. The second-order valence-electron chi connectivity index (χ2n) is 3.67. The average molecular weight is 244 g/mol. The van der Waals surface area contributed by atoms with E-state index in [1.165, 1.54) is 19.1 Å². The number of hydrogen-bond acceptors (Lipinski definition) is 2. The zero-order valence-electron chi connectivity index (χ0n) is 10.1. The van der Waals surface area contributed by atoms with Crippen LogP contribution in [0, 0.1) is 29.0 Å². The molecule has 0 fully saturated rings. The minimum Gasteiger partial charge on any atom is -0.355 e. The molecule has 0 radical (unpaired) electrons. The third-order valence-corrected chi connectivity index (χ3v) is 2.19. The number of hydrogen-bond donors (Lipinski definition) is 1. The Labute approximate surface area is 106 Å². The Bertz CT molecular complexity index is 535. The van der Waals surface area contributed by atoms with Gasteiger partial charge in [0.25, 0.3) is 0 Å². The maximum absolute atomic E-state index is 13.1. The van der Waals surface area contributed by atoms with Gasteiger partial charge in [0.05, 0.1) is 12.5 Å². The fourth-order valence-electron chi connectivity index (χ4n) is 1.36. The summed E-state index contributed by atoms with van der Waals surface area (Å²) < 4.78 is 13.1. The number of rotatable bonds is 3. The largest absolute Gasteiger partial charge is 0.355 e. The molecule has 0 aromatic heterocycles. The average Bonchev–Trinajstić information content (AvgIpc) is 2.32. The second-order valence-corrected chi connectivity index (χ2v) is 3.67. The maximum atomic E-state index is 13.1. The van der Waals surface area contributed by atoms with E-state index in [2.05, 4.69) is 17.2 Å². The van der Waals surface area contributed by atoms with Gasteiger partial charge in [0.15, 0.2) is 0 Å². The van der Waals surface area contributed by atoms with Crippen LogP contribution in [0.4, 0.5) is 4.39 Å². The molecule has 0 aliphatic heterocycles. The molecule has 0 spiro atoms. The lowest BCUT2D eigenvalue weighted by atomic mass is 10.1. The fraction of sp³-hybridized carbons (Fsp3) is 0.286. The van der Waals surface area contributed by atoms with Gasteiger partial charge < -0.3 is 5.32 Å². The van der Waals surface area contributed by atoms with Gasteiger partial charge in [-0.15, -0.1) is 0 Å². The minimum atomic E-state index is -0.372. The first-order valence-corrected chi connectivity index (χ1v) is 5.52. The zero-order valence-corrected chi connectivity index (χ0v) is 10.1. The highest BCUT2D eigenvalue weighted by molar-refractivity contribution is 5.72. The van der Waals surface area contributed by atoms with Gasteiger partial charge in [-0.2, -0.15) is 5.26 Å². The van der Waals surface area contributed by atoms with E-state index in [1.807, 2.05) is 6.07 Å². The molecule has 0 unspecified atom stereocenters. The topological polar surface area (TPSA) is 52.9 Å². The predicted octanol–water partition coefficient (Wildman–Crippen LogP) is 1.77. The molecule has 0 heterocycles. The normalized spacial score (nSPS) is 8.94. The molecule has 1 aromatic rings. The molecule has 0 aliphatic rings. The molecule has 1 rings (SSSR count). The van der Waals surface area contributed by atoms with Crippen molar-refractivity contribution in [1.82, 2.24) is 5.32 Å². The summed E-state index contributed by atoms with van der Waals surface area (Å²) in [5.41, 5.74) is 1.24. The van der Waals surface area contributed by atoms with Crippen LogP contribution in [0.2, 0.25) is 0 Å². The van der Waals surface area contributed by atoms with E-state index in [0.29, 0.717) is 24.1 Å². The van der Waals surface area contributed by atoms with Crippen molar-refractivity contribution >= 4 is 5.91 Å². The molecule has 4 heteroatoms. The smallest absolute Gasteiger partial charge is 0.216 e. The van der Waals surface area contributed by atoms with Gasteiger partial charge in [-0.3, -0.25) is 4.79 Å². The van der Waals surface area contributed by atoms with Gasteiger partial charge >= 0.3 is 0 Å². The Balaban J connectivity index is 2.71. The van der Waals surface area contributed by atoms with Crippen LogP contribution in [-0.2, 0) is 11.2 Å². The van der Waals surface area contributed by atoms with Crippen molar-refractivity contribution in [3.8, 4) is 17.9 Å². The number of carbonyl (C=O) groups excluding carboxylic acids is 1. The third kappa shape index (κ3) is 4.67. The summed E-state index contributed by atoms with van der Waals surface area (Å²) >= 11 is 0. The number of nitrogens with zero attached hydrogens (tertiary/aromatic N) is 1. The number of nitrogens with one attached hydrogen (secondary N) is 1. The van der Waals surface area contributed by atoms with Crippen LogP contribution in [0.3, 0.4) is 0 Å². The summed E-state index contributed by atoms with van der Waals surface area (Å²) in [5, 5.41) is 11.3. The Morgan fingerprint density at radius 3 is 2.94 bits per heavy atom. The first kappa shape index (κ1) is 13.7. The lowest BCUT2D eigenvalue weighted by molar-refractivity contribution is -0.118. The lowest BCUT2D eigenvalue weighted by Gasteiger charge is -1.99. The maximum Gasteiger partial charge on any atom is 0.216 e. The summed E-state index contributed by atoms with van der Waals surface area (Å²) in [6.07, 6.45) is 0.693. The summed E-state index contributed by atoms with van der Waals surface area (Å²) in [6.45, 7) is 1.90. The predicted molar refractivity (Wildman–Crippen MR) is 65.9 cm³/mol. The van der Waals surface area contributed by atoms with Crippen molar-refractivity contribution in [2.75, 3.05) is 6.54 Å². The molecule has 18 heavy (non-hydrogen) atoms. The van der Waals surface area contributed by atoms with E-state index in [1.54, 1.807) is 6.07 Å². The molecule has 0 aliphatic carbocycles. The molecule has 1 aromatic carbocycles. The van der Waals surface area contributed by atoms with Crippen LogP contribution < -0.4 is 5.32 Å². The number of halogens is 1. The molecule has 1 N–H and O–H groups in total. The summed E-state index contributed by atoms with van der Waals surface area (Å²) in [7, 11) is 0. The number of benzene rings is 1. The Morgan fingerprint density at radius 2 is 2.28 bits per heavy atom. The van der Waals surface area contributed by atoms with Gasteiger partial charge in [-0.05, 0) is 17.7 Å². The molecule has 0 saturated heterocycles. The van der Waals surface area contributed by atoms with Crippen molar-refractivity contribution < 1.29 is 9.18 Å². The molecule has 3 nitrogen and oxygen atoms in total. The van der Waals surface area contributed by atoms with Gasteiger partial charge in [-0.1, -0.05) is 17.9 Å². The van der Waals surface area contributed by atoms with E-state index in [4.69, 9.17) is 5.26 Å². The Morgan fingerprint density at radius 1 is 1.50 bits per heavy atom. The van der Waals surface area contributed by atoms with Crippen LogP contribution in [0.25, 0.3) is 0 Å². The summed E-state index contributed by atoms with van der Waals surface area (Å²) in [4.78, 5) is 10.6. The van der Waals surface area contributed by atoms with Crippen molar-refractivity contribution in [1.29, 1.82) is 5.26 Å². The van der Waals surface area contributed by atoms with Gasteiger partial charge in [0.2, 0.25) is 5.91 Å². The van der Waals surface area contributed by atoms with Crippen molar-refractivity contribution in [3.05, 3.63) is 35.1 Å². The third-order valence-electron chi connectivity index (χ3n) is 2.19. The van der Waals surface area contributed by atoms with Crippen LogP contribution in [-0.4, -0.2) is 12.5 Å². The van der Waals surface area contributed by atoms with Gasteiger partial charge in [0, 0.05) is 25.5 Å². The van der Waals surface area contributed by atoms with Crippen LogP contribution >= 0.6 is 0 Å². The summed E-state index contributed by atoms with van der Waals surface area (Å²) in [6, 6.07) is 6.21. The molecule has 1 amide bonds. The molecular formula is C14H13FN2O. The standard InChI is InChI=1S/C14H13FN2O/c1-11(18)17-9-3-2-4-13-10-14(15)6-5-12(13)7-8-16/h5-6,10H,3,7,9H2,1H3,(H,17,18).